The van der Waals surface area contributed by atoms with Crippen LogP contribution in [0.4, 0.5) is 0 Å². The van der Waals surface area contributed by atoms with Gasteiger partial charge in [-0.15, -0.1) is 0 Å². The molecule has 6 nitrogen and oxygen atoms in total. The number of hydrogen-bond acceptors (Lipinski definition) is 6. The Morgan fingerprint density at radius 1 is 0.500 bits per heavy atom. The van der Waals surface area contributed by atoms with E-state index in [9.17, 15) is 0 Å². The molecule has 0 unspecified atom stereocenters. The Bertz CT molecular complexity index is 1480. The summed E-state index contributed by atoms with van der Waals surface area (Å²) in [7, 11) is 0. The van der Waals surface area contributed by atoms with Gasteiger partial charge >= 0.3 is 0 Å². The predicted molar refractivity (Wildman–Crippen MR) is 101 cm³/mol. The second-order valence-corrected chi connectivity index (χ2v) is 6.09. The average molecular weight is 334 g/mol. The molecule has 0 amide bonds. The number of nitrogens with zero attached hydrogens (tertiary/aromatic N) is 6. The summed E-state index contributed by atoms with van der Waals surface area (Å²) in [6, 6.07) is 12.4. The van der Waals surface area contributed by atoms with E-state index in [0.717, 1.165) is 38.1 Å². The molecule has 26 heavy (non-hydrogen) atoms. The topological polar surface area (TPSA) is 77.3 Å². The molecular weight excluding hydrogens is 324 g/mol. The SMILES string of the molecule is c1ccc2c(c1)ccc1c3nc4nccnc4nc3c3nccnc3c21. The Kier molecular flexibility index (Phi) is 2.52. The lowest BCUT2D eigenvalue weighted by atomic mass is 9.99. The standard InChI is InChI=1S/C20H10N6/c1-2-4-12-11(3-1)5-6-13-14(12)16-17(22-8-7-21-16)18-15(13)25-19-20(26-18)24-10-9-23-19/h1-10H. The molecule has 6 rings (SSSR count). The van der Waals surface area contributed by atoms with Gasteiger partial charge in [0.1, 0.15) is 16.6 Å². The van der Waals surface area contributed by atoms with Crippen LogP contribution in [0.5, 0.6) is 0 Å². The fraction of sp³-hybridized carbons (Fsp3) is 0. The molecular formula is C20H10N6. The summed E-state index contributed by atoms with van der Waals surface area (Å²) in [5, 5.41) is 4.31. The van der Waals surface area contributed by atoms with Crippen molar-refractivity contribution in [2.75, 3.05) is 0 Å². The zero-order valence-electron chi connectivity index (χ0n) is 13.5. The number of fused-ring (bicyclic) bond motifs is 9. The largest absolute Gasteiger partial charge is 0.252 e. The summed E-state index contributed by atoms with van der Waals surface area (Å²) >= 11 is 0. The molecule has 0 radical (unpaired) electrons. The van der Waals surface area contributed by atoms with Gasteiger partial charge in [0.15, 0.2) is 11.3 Å². The number of benzene rings is 3. The van der Waals surface area contributed by atoms with Crippen LogP contribution in [0.1, 0.15) is 0 Å². The van der Waals surface area contributed by atoms with Gasteiger partial charge in [0.25, 0.3) is 0 Å². The highest BCUT2D eigenvalue weighted by molar-refractivity contribution is 6.28. The Labute approximate surface area is 146 Å². The minimum atomic E-state index is 0.507. The number of rotatable bonds is 0. The first kappa shape index (κ1) is 13.5. The highest BCUT2D eigenvalue weighted by Gasteiger charge is 2.16. The molecule has 0 saturated heterocycles. The van der Waals surface area contributed by atoms with Crippen molar-refractivity contribution in [2.45, 2.75) is 0 Å². The lowest BCUT2D eigenvalue weighted by molar-refractivity contribution is 1.20. The van der Waals surface area contributed by atoms with Gasteiger partial charge in [-0.25, -0.2) is 19.9 Å². The number of hydrogen-bond donors (Lipinski definition) is 0. The fourth-order valence-electron chi connectivity index (χ4n) is 3.57. The molecule has 120 valence electrons. The maximum atomic E-state index is 4.76. The van der Waals surface area contributed by atoms with E-state index in [0.29, 0.717) is 16.8 Å². The van der Waals surface area contributed by atoms with Crippen LogP contribution in [-0.2, 0) is 0 Å². The van der Waals surface area contributed by atoms with Crippen LogP contribution in [-0.4, -0.2) is 29.9 Å². The van der Waals surface area contributed by atoms with Gasteiger partial charge in [0, 0.05) is 35.6 Å². The van der Waals surface area contributed by atoms with Gasteiger partial charge in [-0.1, -0.05) is 36.4 Å². The number of aromatic nitrogens is 6. The first-order valence-electron chi connectivity index (χ1n) is 8.23. The van der Waals surface area contributed by atoms with E-state index >= 15 is 0 Å². The normalized spacial score (nSPS) is 11.8. The third-order valence-electron chi connectivity index (χ3n) is 4.66. The van der Waals surface area contributed by atoms with E-state index in [-0.39, 0.29) is 0 Å². The molecule has 0 aliphatic rings. The van der Waals surface area contributed by atoms with Gasteiger partial charge in [0.05, 0.1) is 5.52 Å². The van der Waals surface area contributed by atoms with Crippen molar-refractivity contribution in [2.24, 2.45) is 0 Å². The summed E-state index contributed by atoms with van der Waals surface area (Å²) in [5.74, 6) is 0. The van der Waals surface area contributed by atoms with Crippen LogP contribution >= 0.6 is 0 Å². The summed E-state index contributed by atoms with van der Waals surface area (Å²) in [6.45, 7) is 0. The maximum Gasteiger partial charge on any atom is 0.198 e. The molecule has 3 heterocycles. The first-order valence-corrected chi connectivity index (χ1v) is 8.23. The summed E-state index contributed by atoms with van der Waals surface area (Å²) in [6.07, 6.45) is 6.64. The van der Waals surface area contributed by atoms with E-state index in [1.807, 2.05) is 12.1 Å². The molecule has 0 aliphatic carbocycles. The van der Waals surface area contributed by atoms with Gasteiger partial charge in [-0.2, -0.15) is 0 Å². The van der Waals surface area contributed by atoms with Crippen LogP contribution < -0.4 is 0 Å². The molecule has 3 aromatic carbocycles. The zero-order valence-corrected chi connectivity index (χ0v) is 13.5. The lowest BCUT2D eigenvalue weighted by Crippen LogP contribution is -1.96. The van der Waals surface area contributed by atoms with Crippen LogP contribution in [0, 0.1) is 0 Å². The molecule has 6 heteroatoms. The minimum absolute atomic E-state index is 0.507. The lowest BCUT2D eigenvalue weighted by Gasteiger charge is -2.10. The molecule has 0 fully saturated rings. The van der Waals surface area contributed by atoms with E-state index in [2.05, 4.69) is 44.2 Å². The molecule has 0 atom stereocenters. The van der Waals surface area contributed by atoms with Crippen molar-refractivity contribution in [3.63, 3.8) is 0 Å². The average Bonchev–Trinajstić information content (AvgIpc) is 2.72. The van der Waals surface area contributed by atoms with Crippen LogP contribution in [0.3, 0.4) is 0 Å². The summed E-state index contributed by atoms with van der Waals surface area (Å²) in [5.41, 5.74) is 4.05. The molecule has 0 N–H and O–H groups in total. The van der Waals surface area contributed by atoms with Crippen molar-refractivity contribution >= 4 is 54.9 Å². The molecule has 3 aromatic heterocycles. The molecule has 0 bridgehead atoms. The minimum Gasteiger partial charge on any atom is -0.252 e. The monoisotopic (exact) mass is 334 g/mol. The second-order valence-electron chi connectivity index (χ2n) is 6.09. The maximum absolute atomic E-state index is 4.76. The van der Waals surface area contributed by atoms with Crippen LogP contribution in [0.2, 0.25) is 0 Å². The Morgan fingerprint density at radius 3 is 2.04 bits per heavy atom. The highest BCUT2D eigenvalue weighted by Crippen LogP contribution is 2.35. The van der Waals surface area contributed by atoms with Gasteiger partial charge in [-0.3, -0.25) is 9.97 Å². The Morgan fingerprint density at radius 2 is 1.19 bits per heavy atom. The third-order valence-corrected chi connectivity index (χ3v) is 4.66. The van der Waals surface area contributed by atoms with E-state index < -0.39 is 0 Å². The van der Waals surface area contributed by atoms with Crippen molar-refractivity contribution in [3.8, 4) is 0 Å². The van der Waals surface area contributed by atoms with Crippen LogP contribution in [0.15, 0.2) is 61.2 Å². The Hall–Kier alpha value is -3.80. The second kappa shape index (κ2) is 4.86. The summed E-state index contributed by atoms with van der Waals surface area (Å²) in [4.78, 5) is 27.2. The van der Waals surface area contributed by atoms with Gasteiger partial charge in [-0.05, 0) is 10.8 Å². The smallest absolute Gasteiger partial charge is 0.198 e. The van der Waals surface area contributed by atoms with Crippen molar-refractivity contribution < 1.29 is 0 Å². The predicted octanol–water partition coefficient (Wildman–Crippen LogP) is 3.82. The van der Waals surface area contributed by atoms with Crippen LogP contribution in [0.25, 0.3) is 54.9 Å². The third kappa shape index (κ3) is 1.70. The van der Waals surface area contributed by atoms with E-state index in [1.54, 1.807) is 24.8 Å². The van der Waals surface area contributed by atoms with Crippen molar-refractivity contribution in [3.05, 3.63) is 61.2 Å². The molecule has 0 spiro atoms. The van der Waals surface area contributed by atoms with E-state index in [4.69, 9.17) is 9.97 Å². The highest BCUT2D eigenvalue weighted by atomic mass is 15.0. The first-order chi connectivity index (χ1) is 12.9. The summed E-state index contributed by atoms with van der Waals surface area (Å²) < 4.78 is 0. The quantitative estimate of drug-likeness (QED) is 0.310. The molecule has 0 saturated carbocycles. The van der Waals surface area contributed by atoms with Gasteiger partial charge < -0.3 is 0 Å². The zero-order chi connectivity index (χ0) is 17.1. The van der Waals surface area contributed by atoms with Crippen molar-refractivity contribution in [1.29, 1.82) is 0 Å². The fourth-order valence-corrected chi connectivity index (χ4v) is 3.57. The van der Waals surface area contributed by atoms with Gasteiger partial charge in [0.2, 0.25) is 0 Å². The van der Waals surface area contributed by atoms with Crippen molar-refractivity contribution in [1.82, 2.24) is 29.9 Å². The Balaban J connectivity index is 2.00. The van der Waals surface area contributed by atoms with E-state index in [1.165, 1.54) is 0 Å². The molecule has 6 aromatic rings. The molecule has 0 aliphatic heterocycles.